The van der Waals surface area contributed by atoms with Crippen molar-refractivity contribution in [3.63, 3.8) is 0 Å². The molecule has 0 aliphatic rings. The molecule has 8 nitrogen and oxygen atoms in total. The highest BCUT2D eigenvalue weighted by atomic mass is 35.5. The van der Waals surface area contributed by atoms with Crippen LogP contribution in [0.3, 0.4) is 0 Å². The van der Waals surface area contributed by atoms with Crippen LogP contribution < -0.4 is 4.74 Å². The predicted molar refractivity (Wildman–Crippen MR) is 113 cm³/mol. The van der Waals surface area contributed by atoms with Crippen molar-refractivity contribution in [1.82, 2.24) is 4.57 Å². The second-order valence-electron chi connectivity index (χ2n) is 6.45. The minimum atomic E-state index is -0.480. The average Bonchev–Trinajstić information content (AvgIpc) is 3.02. The molecule has 0 aliphatic carbocycles. The Hall–Kier alpha value is -3.48. The van der Waals surface area contributed by atoms with Crippen LogP contribution in [0.1, 0.15) is 21.6 Å². The van der Waals surface area contributed by atoms with Crippen LogP contribution in [0.15, 0.2) is 47.6 Å². The van der Waals surface area contributed by atoms with E-state index in [1.807, 2.05) is 0 Å². The van der Waals surface area contributed by atoms with Crippen molar-refractivity contribution in [1.29, 1.82) is 0 Å². The molecule has 1 heterocycles. The third-order valence-corrected chi connectivity index (χ3v) is 4.93. The summed E-state index contributed by atoms with van der Waals surface area (Å²) in [6.07, 6.45) is -0.0351. The lowest BCUT2D eigenvalue weighted by atomic mass is 10.1. The van der Waals surface area contributed by atoms with Gasteiger partial charge in [0.15, 0.2) is 0 Å². The summed E-state index contributed by atoms with van der Waals surface area (Å²) in [5, 5.41) is 4.60. The monoisotopic (exact) mass is 426 g/mol. The van der Waals surface area contributed by atoms with Gasteiger partial charge >= 0.3 is 5.97 Å². The molecule has 0 N–H and O–H groups in total. The standard InChI is InChI=1S/C21H19ClN4O4/c1-13-17(12-20(27)30-10-9-24-25-23)18-11-16(29-2)7-8-19(18)26(13)21(28)14-3-5-15(22)6-4-14/h3-8,11H,9-10,12H2,1-2H3. The fraction of sp³-hybridized carbons (Fsp3) is 0.238. The van der Waals surface area contributed by atoms with Gasteiger partial charge in [0.25, 0.3) is 5.91 Å². The van der Waals surface area contributed by atoms with Gasteiger partial charge in [0.1, 0.15) is 5.75 Å². The first-order valence-electron chi connectivity index (χ1n) is 9.11. The molecule has 1 aromatic heterocycles. The average molecular weight is 427 g/mol. The molecule has 0 saturated heterocycles. The first-order valence-corrected chi connectivity index (χ1v) is 9.48. The van der Waals surface area contributed by atoms with Crippen molar-refractivity contribution in [3.8, 4) is 5.75 Å². The number of methoxy groups -OCH3 is 1. The molecule has 9 heteroatoms. The summed E-state index contributed by atoms with van der Waals surface area (Å²) in [7, 11) is 1.55. The lowest BCUT2D eigenvalue weighted by Gasteiger charge is -2.08. The molecule has 0 amide bonds. The summed E-state index contributed by atoms with van der Waals surface area (Å²) < 4.78 is 12.0. The fourth-order valence-electron chi connectivity index (χ4n) is 3.24. The van der Waals surface area contributed by atoms with E-state index in [4.69, 9.17) is 26.6 Å². The summed E-state index contributed by atoms with van der Waals surface area (Å²) in [5.41, 5.74) is 10.7. The van der Waals surface area contributed by atoms with Crippen LogP contribution >= 0.6 is 11.6 Å². The number of esters is 1. The van der Waals surface area contributed by atoms with Gasteiger partial charge in [0.2, 0.25) is 0 Å². The summed E-state index contributed by atoms with van der Waals surface area (Å²) in [6.45, 7) is 1.84. The van der Waals surface area contributed by atoms with Crippen molar-refractivity contribution in [3.05, 3.63) is 74.8 Å². The lowest BCUT2D eigenvalue weighted by Crippen LogP contribution is -2.15. The Labute approximate surface area is 177 Å². The minimum Gasteiger partial charge on any atom is -0.497 e. The molecule has 30 heavy (non-hydrogen) atoms. The topological polar surface area (TPSA) is 106 Å². The predicted octanol–water partition coefficient (Wildman–Crippen LogP) is 4.70. The largest absolute Gasteiger partial charge is 0.497 e. The smallest absolute Gasteiger partial charge is 0.310 e. The van der Waals surface area contributed by atoms with E-state index in [9.17, 15) is 9.59 Å². The van der Waals surface area contributed by atoms with Crippen LogP contribution in [0, 0.1) is 6.92 Å². The normalized spacial score (nSPS) is 10.5. The molecule has 0 atom stereocenters. The molecule has 0 unspecified atom stereocenters. The van der Waals surface area contributed by atoms with Crippen LogP contribution in [0.5, 0.6) is 5.75 Å². The van der Waals surface area contributed by atoms with Crippen LogP contribution in [0.25, 0.3) is 21.3 Å². The molecular formula is C21H19ClN4O4. The molecule has 0 fully saturated rings. The lowest BCUT2D eigenvalue weighted by molar-refractivity contribution is -0.142. The Balaban J connectivity index is 2.02. The number of halogens is 1. The molecule has 3 rings (SSSR count). The highest BCUT2D eigenvalue weighted by Crippen LogP contribution is 2.31. The quantitative estimate of drug-likeness (QED) is 0.179. The number of benzene rings is 2. The maximum absolute atomic E-state index is 13.2. The van der Waals surface area contributed by atoms with E-state index in [1.165, 1.54) is 0 Å². The van der Waals surface area contributed by atoms with Gasteiger partial charge in [0, 0.05) is 26.6 Å². The second kappa shape index (κ2) is 9.35. The number of fused-ring (bicyclic) bond motifs is 1. The zero-order valence-corrected chi connectivity index (χ0v) is 17.2. The van der Waals surface area contributed by atoms with Crippen LogP contribution in [0.2, 0.25) is 5.02 Å². The number of hydrogen-bond acceptors (Lipinski definition) is 5. The SMILES string of the molecule is COc1ccc2c(c1)c(CC(=O)OCCN=[N+]=[N-])c(C)n2C(=O)c1ccc(Cl)cc1. The first-order chi connectivity index (χ1) is 14.5. The molecule has 3 aromatic rings. The maximum atomic E-state index is 13.2. The number of carbonyl (C=O) groups is 2. The molecule has 154 valence electrons. The molecule has 0 radical (unpaired) electrons. The van der Waals surface area contributed by atoms with Gasteiger partial charge < -0.3 is 9.47 Å². The van der Waals surface area contributed by atoms with E-state index in [2.05, 4.69) is 10.0 Å². The summed E-state index contributed by atoms with van der Waals surface area (Å²) in [5.74, 6) is -0.106. The Morgan fingerprint density at radius 2 is 1.93 bits per heavy atom. The summed E-state index contributed by atoms with van der Waals surface area (Å²) in [6, 6.07) is 11.9. The van der Waals surface area contributed by atoms with Crippen molar-refractivity contribution >= 4 is 34.4 Å². The fourth-order valence-corrected chi connectivity index (χ4v) is 3.36. The Kier molecular flexibility index (Phi) is 6.61. The summed E-state index contributed by atoms with van der Waals surface area (Å²) >= 11 is 5.94. The van der Waals surface area contributed by atoms with Gasteiger partial charge in [-0.05, 0) is 60.5 Å². The molecule has 0 spiro atoms. The second-order valence-corrected chi connectivity index (χ2v) is 6.88. The van der Waals surface area contributed by atoms with Crippen LogP contribution in [-0.2, 0) is 16.0 Å². The number of carbonyl (C=O) groups excluding carboxylic acids is 2. The van der Waals surface area contributed by atoms with Crippen LogP contribution in [-0.4, -0.2) is 36.7 Å². The number of hydrogen-bond donors (Lipinski definition) is 0. The summed E-state index contributed by atoms with van der Waals surface area (Å²) in [4.78, 5) is 28.1. The number of rotatable bonds is 7. The number of azide groups is 1. The number of nitrogens with zero attached hydrogens (tertiary/aromatic N) is 4. The zero-order valence-electron chi connectivity index (χ0n) is 16.5. The van der Waals surface area contributed by atoms with Gasteiger partial charge in [-0.25, -0.2) is 0 Å². The van der Waals surface area contributed by atoms with E-state index in [1.54, 1.807) is 61.1 Å². The van der Waals surface area contributed by atoms with Crippen LogP contribution in [0.4, 0.5) is 0 Å². The van der Waals surface area contributed by atoms with Gasteiger partial charge in [0.05, 0.1) is 32.2 Å². The minimum absolute atomic E-state index is 0.00634. The van der Waals surface area contributed by atoms with Gasteiger partial charge in [-0.1, -0.05) is 16.7 Å². The molecule has 0 aliphatic heterocycles. The Bertz CT molecular complexity index is 1150. The van der Waals surface area contributed by atoms with Crippen molar-refractivity contribution < 1.29 is 19.1 Å². The van der Waals surface area contributed by atoms with Crippen molar-refractivity contribution in [2.75, 3.05) is 20.3 Å². The van der Waals surface area contributed by atoms with E-state index in [0.29, 0.717) is 33.1 Å². The highest BCUT2D eigenvalue weighted by molar-refractivity contribution is 6.30. The zero-order chi connectivity index (χ0) is 21.7. The van der Waals surface area contributed by atoms with E-state index >= 15 is 0 Å². The highest BCUT2D eigenvalue weighted by Gasteiger charge is 2.22. The molecule has 0 saturated carbocycles. The molecule has 2 aromatic carbocycles. The molecular weight excluding hydrogens is 408 g/mol. The Morgan fingerprint density at radius 1 is 1.20 bits per heavy atom. The van der Waals surface area contributed by atoms with Gasteiger partial charge in [-0.2, -0.15) is 0 Å². The maximum Gasteiger partial charge on any atom is 0.310 e. The van der Waals surface area contributed by atoms with Crippen molar-refractivity contribution in [2.24, 2.45) is 5.11 Å². The van der Waals surface area contributed by atoms with Gasteiger partial charge in [-0.3, -0.25) is 14.2 Å². The third-order valence-electron chi connectivity index (χ3n) is 4.67. The van der Waals surface area contributed by atoms with E-state index < -0.39 is 5.97 Å². The van der Waals surface area contributed by atoms with Gasteiger partial charge in [-0.15, -0.1) is 0 Å². The third kappa shape index (κ3) is 4.40. The number of ether oxygens (including phenoxy) is 2. The number of aromatic nitrogens is 1. The van der Waals surface area contributed by atoms with E-state index in [-0.39, 0.29) is 25.5 Å². The van der Waals surface area contributed by atoms with E-state index in [0.717, 1.165) is 5.39 Å². The van der Waals surface area contributed by atoms with Crippen molar-refractivity contribution in [2.45, 2.75) is 13.3 Å². The Morgan fingerprint density at radius 3 is 2.60 bits per heavy atom. The first kappa shape index (κ1) is 21.2. The molecule has 0 bridgehead atoms.